The summed E-state index contributed by atoms with van der Waals surface area (Å²) in [5, 5.41) is 0. The van der Waals surface area contributed by atoms with Gasteiger partial charge in [0.25, 0.3) is 5.91 Å². The largest absolute Gasteiger partial charge is 0.341 e. The molecule has 28 heavy (non-hydrogen) atoms. The van der Waals surface area contributed by atoms with Gasteiger partial charge in [-0.2, -0.15) is 0 Å². The maximum Gasteiger partial charge on any atom is 0.253 e. The Kier molecular flexibility index (Phi) is 6.62. The van der Waals surface area contributed by atoms with Gasteiger partial charge in [0.15, 0.2) is 0 Å². The summed E-state index contributed by atoms with van der Waals surface area (Å²) >= 11 is 0. The zero-order valence-electron chi connectivity index (χ0n) is 16.6. The number of carbonyl (C=O) groups excluding carboxylic acids is 1. The second-order valence-corrected chi connectivity index (χ2v) is 7.77. The summed E-state index contributed by atoms with van der Waals surface area (Å²) in [6, 6.07) is 9.87. The summed E-state index contributed by atoms with van der Waals surface area (Å²) < 4.78 is 13.3. The van der Waals surface area contributed by atoms with Gasteiger partial charge in [0.2, 0.25) is 5.56 Å². The first-order valence-corrected chi connectivity index (χ1v) is 9.84. The Balaban J connectivity index is 1.45. The number of carbonyl (C=O) groups is 1. The van der Waals surface area contributed by atoms with E-state index < -0.39 is 0 Å². The lowest BCUT2D eigenvalue weighted by Gasteiger charge is -2.34. The van der Waals surface area contributed by atoms with E-state index in [0.29, 0.717) is 23.7 Å². The lowest BCUT2D eigenvalue weighted by Crippen LogP contribution is -2.40. The van der Waals surface area contributed by atoms with Crippen molar-refractivity contribution >= 4 is 5.91 Å². The molecule has 0 aliphatic carbocycles. The lowest BCUT2D eigenvalue weighted by molar-refractivity contribution is 0.0740. The minimum atomic E-state index is -0.247. The Bertz CT molecular complexity index is 872. The van der Waals surface area contributed by atoms with Crippen molar-refractivity contribution < 1.29 is 9.18 Å². The molecule has 150 valence electrons. The summed E-state index contributed by atoms with van der Waals surface area (Å²) in [5.41, 5.74) is 1.91. The molecule has 1 aromatic carbocycles. The summed E-state index contributed by atoms with van der Waals surface area (Å²) in [6.45, 7) is 5.38. The fourth-order valence-electron chi connectivity index (χ4n) is 3.87. The average molecular weight is 385 g/mol. The molecule has 1 amide bonds. The van der Waals surface area contributed by atoms with Gasteiger partial charge in [0.05, 0.1) is 0 Å². The van der Waals surface area contributed by atoms with E-state index in [1.165, 1.54) is 12.1 Å². The van der Waals surface area contributed by atoms with Crippen molar-refractivity contribution in [2.45, 2.75) is 26.2 Å². The predicted octanol–water partition coefficient (Wildman–Crippen LogP) is 2.85. The van der Waals surface area contributed by atoms with Crippen molar-refractivity contribution in [3.63, 3.8) is 0 Å². The van der Waals surface area contributed by atoms with Crippen LogP contribution in [0.2, 0.25) is 0 Å². The van der Waals surface area contributed by atoms with Crippen LogP contribution < -0.4 is 5.56 Å². The third-order valence-corrected chi connectivity index (χ3v) is 5.42. The number of piperidine rings is 1. The van der Waals surface area contributed by atoms with Crippen LogP contribution in [0.5, 0.6) is 0 Å². The van der Waals surface area contributed by atoms with Crippen molar-refractivity contribution in [1.29, 1.82) is 0 Å². The zero-order valence-corrected chi connectivity index (χ0v) is 16.6. The molecule has 3 rings (SSSR count). The molecule has 0 saturated carbocycles. The molecule has 6 heteroatoms. The van der Waals surface area contributed by atoms with E-state index >= 15 is 0 Å². The molecule has 1 N–H and O–H groups in total. The summed E-state index contributed by atoms with van der Waals surface area (Å²) in [5.74, 6) is 0.171. The van der Waals surface area contributed by atoms with Gasteiger partial charge < -0.3 is 14.8 Å². The number of aryl methyl sites for hydroxylation is 1. The highest BCUT2D eigenvalue weighted by Gasteiger charge is 2.22. The third kappa shape index (κ3) is 5.52. The van der Waals surface area contributed by atoms with Gasteiger partial charge in [-0.25, -0.2) is 4.39 Å². The molecule has 0 unspecified atom stereocenters. The maximum absolute atomic E-state index is 13.3. The first-order chi connectivity index (χ1) is 13.4. The van der Waals surface area contributed by atoms with Crippen LogP contribution in [0.4, 0.5) is 4.39 Å². The Morgan fingerprint density at radius 3 is 2.68 bits per heavy atom. The van der Waals surface area contributed by atoms with Crippen LogP contribution in [-0.2, 0) is 6.42 Å². The molecule has 0 atom stereocenters. The number of halogens is 1. The fraction of sp³-hybridized carbons (Fsp3) is 0.455. The highest BCUT2D eigenvalue weighted by Crippen LogP contribution is 2.19. The number of hydrogen-bond donors (Lipinski definition) is 1. The van der Waals surface area contributed by atoms with E-state index in [1.807, 2.05) is 6.07 Å². The number of likely N-dealkylation sites (tertiary alicyclic amines) is 1. The number of rotatable bonds is 6. The fourth-order valence-corrected chi connectivity index (χ4v) is 3.87. The molecule has 2 heterocycles. The number of amides is 1. The molecule has 0 bridgehead atoms. The predicted molar refractivity (Wildman–Crippen MR) is 108 cm³/mol. The molecular formula is C22H28FN3O2. The van der Waals surface area contributed by atoms with Crippen molar-refractivity contribution in [2.24, 2.45) is 5.92 Å². The molecular weight excluding hydrogens is 357 g/mol. The molecule has 5 nitrogen and oxygen atoms in total. The second kappa shape index (κ2) is 9.15. The monoisotopic (exact) mass is 385 g/mol. The van der Waals surface area contributed by atoms with Crippen LogP contribution in [0, 0.1) is 18.7 Å². The van der Waals surface area contributed by atoms with Crippen molar-refractivity contribution in [3.05, 3.63) is 69.4 Å². The maximum atomic E-state index is 13.3. The van der Waals surface area contributed by atoms with Crippen molar-refractivity contribution in [1.82, 2.24) is 14.8 Å². The van der Waals surface area contributed by atoms with Gasteiger partial charge >= 0.3 is 0 Å². The number of pyridine rings is 1. The molecule has 1 aliphatic rings. The van der Waals surface area contributed by atoms with E-state index in [4.69, 9.17) is 0 Å². The molecule has 1 saturated heterocycles. The molecule has 1 aliphatic heterocycles. The number of benzene rings is 1. The Labute approximate surface area is 165 Å². The molecule has 1 aromatic heterocycles. The molecule has 0 radical (unpaired) electrons. The zero-order chi connectivity index (χ0) is 20.1. The highest BCUT2D eigenvalue weighted by atomic mass is 19.1. The topological polar surface area (TPSA) is 56.4 Å². The van der Waals surface area contributed by atoms with Gasteiger partial charge in [-0.15, -0.1) is 0 Å². The second-order valence-electron chi connectivity index (χ2n) is 7.77. The van der Waals surface area contributed by atoms with E-state index in [9.17, 15) is 14.0 Å². The Hall–Kier alpha value is -2.47. The average Bonchev–Trinajstić information content (AvgIpc) is 2.66. The van der Waals surface area contributed by atoms with Gasteiger partial charge in [0.1, 0.15) is 5.82 Å². The number of hydrogen-bond acceptors (Lipinski definition) is 3. The van der Waals surface area contributed by atoms with Crippen molar-refractivity contribution in [2.75, 3.05) is 33.2 Å². The lowest BCUT2D eigenvalue weighted by atomic mass is 9.95. The van der Waals surface area contributed by atoms with Crippen LogP contribution in [0.1, 0.15) is 34.5 Å². The number of nitrogens with zero attached hydrogens (tertiary/aromatic N) is 2. The van der Waals surface area contributed by atoms with Crippen LogP contribution in [0.15, 0.2) is 41.2 Å². The molecule has 1 fully saturated rings. The molecule has 0 spiro atoms. The van der Waals surface area contributed by atoms with Crippen molar-refractivity contribution in [3.8, 4) is 0 Å². The van der Waals surface area contributed by atoms with Crippen LogP contribution >= 0.6 is 0 Å². The van der Waals surface area contributed by atoms with E-state index in [1.54, 1.807) is 37.1 Å². The summed E-state index contributed by atoms with van der Waals surface area (Å²) in [7, 11) is 1.80. The standard InChI is InChI=1S/C22H28FN3O2/c1-16-12-19(14-21(27)24-16)22(28)25(2)15-18-7-10-26(11-8-18)9-6-17-4-3-5-20(23)13-17/h3-5,12-14,18H,6-11,15H2,1-2H3,(H,24,27). The van der Waals surface area contributed by atoms with Gasteiger partial charge in [-0.1, -0.05) is 12.1 Å². The van der Waals surface area contributed by atoms with E-state index in [2.05, 4.69) is 9.88 Å². The van der Waals surface area contributed by atoms with E-state index in [-0.39, 0.29) is 17.3 Å². The number of nitrogens with one attached hydrogen (secondary N) is 1. The minimum Gasteiger partial charge on any atom is -0.341 e. The van der Waals surface area contributed by atoms with Gasteiger partial charge in [0, 0.05) is 37.5 Å². The summed E-state index contributed by atoms with van der Waals surface area (Å²) in [6.07, 6.45) is 2.92. The quantitative estimate of drug-likeness (QED) is 0.832. The SMILES string of the molecule is Cc1cc(C(=O)N(C)CC2CCN(CCc3cccc(F)c3)CC2)cc(=O)[nH]1. The minimum absolute atomic E-state index is 0.109. The van der Waals surface area contributed by atoms with Gasteiger partial charge in [-0.05, 0) is 69.0 Å². The first kappa shape index (κ1) is 20.3. The number of aromatic nitrogens is 1. The normalized spacial score (nSPS) is 15.5. The first-order valence-electron chi connectivity index (χ1n) is 9.84. The van der Waals surface area contributed by atoms with Crippen LogP contribution in [0.3, 0.4) is 0 Å². The van der Waals surface area contributed by atoms with Crippen LogP contribution in [0.25, 0.3) is 0 Å². The third-order valence-electron chi connectivity index (χ3n) is 5.42. The van der Waals surface area contributed by atoms with Gasteiger partial charge in [-0.3, -0.25) is 9.59 Å². The van der Waals surface area contributed by atoms with Crippen LogP contribution in [-0.4, -0.2) is 53.9 Å². The number of aromatic amines is 1. The number of H-pyrrole nitrogens is 1. The Morgan fingerprint density at radius 2 is 2.00 bits per heavy atom. The smallest absolute Gasteiger partial charge is 0.253 e. The Morgan fingerprint density at radius 1 is 1.25 bits per heavy atom. The van der Waals surface area contributed by atoms with E-state index in [0.717, 1.165) is 44.5 Å². The highest BCUT2D eigenvalue weighted by molar-refractivity contribution is 5.94. The summed E-state index contributed by atoms with van der Waals surface area (Å²) in [4.78, 5) is 31.0. The molecule has 2 aromatic rings.